The maximum atomic E-state index is 13.7. The van der Waals surface area contributed by atoms with Crippen LogP contribution in [0.4, 0.5) is 4.39 Å². The third-order valence-corrected chi connectivity index (χ3v) is 3.02. The van der Waals surface area contributed by atoms with Crippen molar-refractivity contribution in [2.75, 3.05) is 6.54 Å². The third kappa shape index (κ3) is 4.63. The zero-order valence-electron chi connectivity index (χ0n) is 10.7. The van der Waals surface area contributed by atoms with E-state index < -0.39 is 0 Å². The molecule has 0 saturated heterocycles. The summed E-state index contributed by atoms with van der Waals surface area (Å²) in [5, 5.41) is 7.64. The Balaban J connectivity index is 2.73. The Labute approximate surface area is 112 Å². The molecule has 0 amide bonds. The normalized spacial score (nSPS) is 11.2. The van der Waals surface area contributed by atoms with E-state index >= 15 is 0 Å². The standard InChI is InChI=1S/C13H19ClFN3/c1-9(2)18(6-5-13(16)17)8-10-3-4-11(14)7-12(10)15/h3-4,7,9H,5-6,8H2,1-2H3,(H3,16,17). The van der Waals surface area contributed by atoms with E-state index in [0.29, 0.717) is 30.1 Å². The smallest absolute Gasteiger partial charge is 0.129 e. The third-order valence-electron chi connectivity index (χ3n) is 2.79. The first-order valence-corrected chi connectivity index (χ1v) is 6.29. The molecule has 0 aliphatic carbocycles. The van der Waals surface area contributed by atoms with Gasteiger partial charge < -0.3 is 5.73 Å². The van der Waals surface area contributed by atoms with Crippen LogP contribution in [0.25, 0.3) is 0 Å². The molecule has 1 aromatic rings. The van der Waals surface area contributed by atoms with Crippen LogP contribution in [0.15, 0.2) is 18.2 Å². The topological polar surface area (TPSA) is 53.1 Å². The lowest BCUT2D eigenvalue weighted by Crippen LogP contribution is -2.33. The Morgan fingerprint density at radius 2 is 2.17 bits per heavy atom. The monoisotopic (exact) mass is 271 g/mol. The van der Waals surface area contributed by atoms with Gasteiger partial charge in [-0.2, -0.15) is 0 Å². The van der Waals surface area contributed by atoms with Crippen LogP contribution >= 0.6 is 11.6 Å². The van der Waals surface area contributed by atoms with Crippen molar-refractivity contribution in [3.05, 3.63) is 34.6 Å². The second-order valence-electron chi connectivity index (χ2n) is 4.58. The highest BCUT2D eigenvalue weighted by atomic mass is 35.5. The maximum absolute atomic E-state index is 13.7. The van der Waals surface area contributed by atoms with Gasteiger partial charge in [0.2, 0.25) is 0 Å². The van der Waals surface area contributed by atoms with Gasteiger partial charge in [-0.1, -0.05) is 17.7 Å². The predicted molar refractivity (Wildman–Crippen MR) is 73.5 cm³/mol. The van der Waals surface area contributed by atoms with Gasteiger partial charge >= 0.3 is 0 Å². The number of halogens is 2. The summed E-state index contributed by atoms with van der Waals surface area (Å²) in [7, 11) is 0. The first kappa shape index (κ1) is 14.9. The molecular formula is C13H19ClFN3. The highest BCUT2D eigenvalue weighted by Crippen LogP contribution is 2.17. The Bertz CT molecular complexity index is 421. The highest BCUT2D eigenvalue weighted by molar-refractivity contribution is 6.30. The van der Waals surface area contributed by atoms with Crippen molar-refractivity contribution in [2.24, 2.45) is 5.73 Å². The number of nitrogens with two attached hydrogens (primary N) is 1. The quantitative estimate of drug-likeness (QED) is 0.617. The van der Waals surface area contributed by atoms with Crippen LogP contribution in [0.1, 0.15) is 25.8 Å². The second kappa shape index (κ2) is 6.71. The molecular weight excluding hydrogens is 253 g/mol. The lowest BCUT2D eigenvalue weighted by atomic mass is 10.1. The number of benzene rings is 1. The average molecular weight is 272 g/mol. The Hall–Kier alpha value is -1.13. The first-order chi connectivity index (χ1) is 8.40. The molecule has 0 heterocycles. The Morgan fingerprint density at radius 1 is 1.50 bits per heavy atom. The van der Waals surface area contributed by atoms with Crippen molar-refractivity contribution in [1.29, 1.82) is 5.41 Å². The van der Waals surface area contributed by atoms with E-state index in [1.54, 1.807) is 12.1 Å². The van der Waals surface area contributed by atoms with E-state index in [4.69, 9.17) is 22.7 Å². The first-order valence-electron chi connectivity index (χ1n) is 5.91. The van der Waals surface area contributed by atoms with Gasteiger partial charge in [0.05, 0.1) is 5.84 Å². The fourth-order valence-corrected chi connectivity index (χ4v) is 1.81. The van der Waals surface area contributed by atoms with Gasteiger partial charge in [0.1, 0.15) is 5.82 Å². The molecule has 3 N–H and O–H groups in total. The SMILES string of the molecule is CC(C)N(CCC(=N)N)Cc1ccc(Cl)cc1F. The molecule has 0 aromatic heterocycles. The van der Waals surface area contributed by atoms with Crippen LogP contribution in [0, 0.1) is 11.2 Å². The van der Waals surface area contributed by atoms with Gasteiger partial charge in [-0.05, 0) is 26.0 Å². The van der Waals surface area contributed by atoms with Crippen molar-refractivity contribution in [3.63, 3.8) is 0 Å². The van der Waals surface area contributed by atoms with E-state index in [0.717, 1.165) is 0 Å². The van der Waals surface area contributed by atoms with Gasteiger partial charge in [0.15, 0.2) is 0 Å². The summed E-state index contributed by atoms with van der Waals surface area (Å²) in [5.74, 6) is -0.145. The maximum Gasteiger partial charge on any atom is 0.129 e. The van der Waals surface area contributed by atoms with Crippen LogP contribution in [0.3, 0.4) is 0 Å². The van der Waals surface area contributed by atoms with Crippen LogP contribution in [0.2, 0.25) is 5.02 Å². The average Bonchev–Trinajstić information content (AvgIpc) is 2.26. The van der Waals surface area contributed by atoms with Crippen molar-refractivity contribution < 1.29 is 4.39 Å². The second-order valence-corrected chi connectivity index (χ2v) is 5.01. The van der Waals surface area contributed by atoms with Crippen molar-refractivity contribution >= 4 is 17.4 Å². The molecule has 0 saturated carbocycles. The summed E-state index contributed by atoms with van der Waals surface area (Å²) in [6.45, 7) is 5.21. The molecule has 18 heavy (non-hydrogen) atoms. The molecule has 0 bridgehead atoms. The van der Waals surface area contributed by atoms with Crippen LogP contribution < -0.4 is 5.73 Å². The summed E-state index contributed by atoms with van der Waals surface area (Å²) in [6, 6.07) is 4.96. The predicted octanol–water partition coefficient (Wildman–Crippen LogP) is 3.02. The molecule has 100 valence electrons. The van der Waals surface area contributed by atoms with Gasteiger partial charge in [0, 0.05) is 36.1 Å². The molecule has 0 spiro atoms. The van der Waals surface area contributed by atoms with E-state index in [1.165, 1.54) is 6.07 Å². The van der Waals surface area contributed by atoms with Gasteiger partial charge in [-0.25, -0.2) is 4.39 Å². The number of hydrogen-bond donors (Lipinski definition) is 2. The van der Waals surface area contributed by atoms with Gasteiger partial charge in [0.25, 0.3) is 0 Å². The molecule has 0 unspecified atom stereocenters. The lowest BCUT2D eigenvalue weighted by Gasteiger charge is -2.26. The van der Waals surface area contributed by atoms with Crippen molar-refractivity contribution in [3.8, 4) is 0 Å². The fraction of sp³-hybridized carbons (Fsp3) is 0.462. The minimum atomic E-state index is -0.295. The Kier molecular flexibility index (Phi) is 5.56. The van der Waals surface area contributed by atoms with E-state index in [-0.39, 0.29) is 17.7 Å². The van der Waals surface area contributed by atoms with Crippen molar-refractivity contribution in [1.82, 2.24) is 4.90 Å². The van der Waals surface area contributed by atoms with E-state index in [1.807, 2.05) is 13.8 Å². The van der Waals surface area contributed by atoms with Crippen molar-refractivity contribution in [2.45, 2.75) is 32.9 Å². The summed E-state index contributed by atoms with van der Waals surface area (Å²) in [4.78, 5) is 2.08. The number of rotatable bonds is 6. The zero-order valence-corrected chi connectivity index (χ0v) is 11.5. The lowest BCUT2D eigenvalue weighted by molar-refractivity contribution is 0.216. The van der Waals surface area contributed by atoms with E-state index in [9.17, 15) is 4.39 Å². The summed E-state index contributed by atoms with van der Waals surface area (Å²) >= 11 is 5.72. The number of amidine groups is 1. The summed E-state index contributed by atoms with van der Waals surface area (Å²) in [6.07, 6.45) is 0.493. The molecule has 0 atom stereocenters. The highest BCUT2D eigenvalue weighted by Gasteiger charge is 2.13. The molecule has 0 aliphatic heterocycles. The summed E-state index contributed by atoms with van der Waals surface area (Å²) in [5.41, 5.74) is 5.96. The molecule has 0 aliphatic rings. The van der Waals surface area contributed by atoms with Crippen LogP contribution in [-0.4, -0.2) is 23.3 Å². The fourth-order valence-electron chi connectivity index (χ4n) is 1.65. The number of nitrogens with one attached hydrogen (secondary N) is 1. The summed E-state index contributed by atoms with van der Waals surface area (Å²) < 4.78 is 13.7. The molecule has 3 nitrogen and oxygen atoms in total. The largest absolute Gasteiger partial charge is 0.388 e. The molecule has 1 rings (SSSR count). The van der Waals surface area contributed by atoms with Crippen LogP contribution in [0.5, 0.6) is 0 Å². The molecule has 0 fully saturated rings. The molecule has 0 radical (unpaired) electrons. The van der Waals surface area contributed by atoms with Gasteiger partial charge in [-0.3, -0.25) is 10.3 Å². The van der Waals surface area contributed by atoms with Crippen LogP contribution in [-0.2, 0) is 6.54 Å². The minimum Gasteiger partial charge on any atom is -0.388 e. The van der Waals surface area contributed by atoms with E-state index in [2.05, 4.69) is 4.90 Å². The minimum absolute atomic E-state index is 0.150. The van der Waals surface area contributed by atoms with Gasteiger partial charge in [-0.15, -0.1) is 0 Å². The number of nitrogens with zero attached hydrogens (tertiary/aromatic N) is 1. The molecule has 5 heteroatoms. The Morgan fingerprint density at radius 3 is 2.67 bits per heavy atom. The number of hydrogen-bond acceptors (Lipinski definition) is 2. The molecule has 1 aromatic carbocycles. The zero-order chi connectivity index (χ0) is 13.7.